The Bertz CT molecular complexity index is 731. The molecule has 1 aliphatic rings. The minimum atomic E-state index is 0.565. The molecular formula is C20H20N2. The molecule has 0 spiro atoms. The van der Waals surface area contributed by atoms with Crippen LogP contribution in [-0.2, 0) is 12.8 Å². The van der Waals surface area contributed by atoms with Crippen molar-refractivity contribution in [3.05, 3.63) is 89.5 Å². The summed E-state index contributed by atoms with van der Waals surface area (Å²) in [6, 6.07) is 19.9. The van der Waals surface area contributed by atoms with Gasteiger partial charge in [0, 0.05) is 11.9 Å². The van der Waals surface area contributed by atoms with Crippen molar-refractivity contribution in [1.29, 1.82) is 0 Å². The van der Waals surface area contributed by atoms with Crippen LogP contribution in [0.25, 0.3) is 0 Å². The average Bonchev–Trinajstić information content (AvgIpc) is 3.09. The van der Waals surface area contributed by atoms with Crippen molar-refractivity contribution in [2.45, 2.75) is 31.1 Å². The summed E-state index contributed by atoms with van der Waals surface area (Å²) in [4.78, 5) is 7.42. The predicted octanol–water partition coefficient (Wildman–Crippen LogP) is 4.47. The molecule has 0 saturated heterocycles. The van der Waals surface area contributed by atoms with Gasteiger partial charge in [-0.25, -0.2) is 4.98 Å². The number of aromatic nitrogens is 2. The van der Waals surface area contributed by atoms with E-state index in [0.717, 1.165) is 12.8 Å². The number of aromatic amines is 1. The van der Waals surface area contributed by atoms with Gasteiger partial charge in [0.15, 0.2) is 0 Å². The Hall–Kier alpha value is -2.35. The number of fused-ring (bicyclic) bond motifs is 1. The molecule has 0 fully saturated rings. The van der Waals surface area contributed by atoms with Crippen molar-refractivity contribution in [3.63, 3.8) is 0 Å². The molecular weight excluding hydrogens is 268 g/mol. The molecule has 2 heteroatoms. The molecule has 1 N–H and O–H groups in total. The van der Waals surface area contributed by atoms with Crippen LogP contribution in [0.15, 0.2) is 67.1 Å². The lowest BCUT2D eigenvalue weighted by atomic mass is 9.73. The summed E-state index contributed by atoms with van der Waals surface area (Å²) >= 11 is 0. The highest BCUT2D eigenvalue weighted by Crippen LogP contribution is 2.41. The molecule has 2 nitrogen and oxygen atoms in total. The highest BCUT2D eigenvalue weighted by molar-refractivity contribution is 5.37. The molecule has 0 aliphatic heterocycles. The van der Waals surface area contributed by atoms with E-state index in [4.69, 9.17) is 0 Å². The number of H-pyrrole nitrogens is 1. The summed E-state index contributed by atoms with van der Waals surface area (Å²) in [6.07, 6.45) is 7.13. The summed E-state index contributed by atoms with van der Waals surface area (Å²) in [7, 11) is 0. The van der Waals surface area contributed by atoms with Gasteiger partial charge in [-0.3, -0.25) is 0 Å². The zero-order valence-electron chi connectivity index (χ0n) is 12.6. The lowest BCUT2D eigenvalue weighted by Crippen LogP contribution is -2.19. The van der Waals surface area contributed by atoms with Crippen molar-refractivity contribution in [2.75, 3.05) is 0 Å². The maximum absolute atomic E-state index is 4.17. The molecule has 2 aromatic carbocycles. The van der Waals surface area contributed by atoms with E-state index in [1.165, 1.54) is 28.8 Å². The van der Waals surface area contributed by atoms with Crippen molar-refractivity contribution in [3.8, 4) is 0 Å². The largest absolute Gasteiger partial charge is 0.348 e. The van der Waals surface area contributed by atoms with Crippen LogP contribution in [0.3, 0.4) is 0 Å². The van der Waals surface area contributed by atoms with Crippen LogP contribution in [-0.4, -0.2) is 9.97 Å². The molecule has 22 heavy (non-hydrogen) atoms. The maximum atomic E-state index is 4.17. The number of hydrogen-bond donors (Lipinski definition) is 1. The minimum absolute atomic E-state index is 0.565. The summed E-state index contributed by atoms with van der Waals surface area (Å²) in [6.45, 7) is 0. The minimum Gasteiger partial charge on any atom is -0.348 e. The molecule has 2 atom stereocenters. The fourth-order valence-electron chi connectivity index (χ4n) is 3.77. The van der Waals surface area contributed by atoms with Gasteiger partial charge in [-0.1, -0.05) is 54.6 Å². The Labute approximate surface area is 131 Å². The molecule has 0 amide bonds. The van der Waals surface area contributed by atoms with Gasteiger partial charge in [0.2, 0.25) is 0 Å². The Balaban J connectivity index is 1.67. The van der Waals surface area contributed by atoms with Crippen LogP contribution in [0.4, 0.5) is 0 Å². The molecule has 0 radical (unpaired) electrons. The van der Waals surface area contributed by atoms with Crippen LogP contribution < -0.4 is 0 Å². The van der Waals surface area contributed by atoms with Gasteiger partial charge in [0.05, 0.1) is 6.33 Å². The van der Waals surface area contributed by atoms with Crippen LogP contribution >= 0.6 is 0 Å². The SMILES string of the molecule is c1ccc(C2Cc3ccccc3C(Cc3cnc[nH]3)C2)cc1. The Morgan fingerprint density at radius 3 is 2.64 bits per heavy atom. The second-order valence-corrected chi connectivity index (χ2v) is 6.22. The monoisotopic (exact) mass is 288 g/mol. The molecule has 1 heterocycles. The zero-order chi connectivity index (χ0) is 14.8. The zero-order valence-corrected chi connectivity index (χ0v) is 12.6. The first-order valence-electron chi connectivity index (χ1n) is 8.00. The highest BCUT2D eigenvalue weighted by atomic mass is 14.9. The fraction of sp³-hybridized carbons (Fsp3) is 0.250. The van der Waals surface area contributed by atoms with Crippen molar-refractivity contribution in [2.24, 2.45) is 0 Å². The van der Waals surface area contributed by atoms with Crippen molar-refractivity contribution < 1.29 is 0 Å². The number of imidazole rings is 1. The topological polar surface area (TPSA) is 28.7 Å². The van der Waals surface area contributed by atoms with E-state index in [9.17, 15) is 0 Å². The number of nitrogens with one attached hydrogen (secondary N) is 1. The summed E-state index contributed by atoms with van der Waals surface area (Å²) in [5.41, 5.74) is 5.72. The lowest BCUT2D eigenvalue weighted by Gasteiger charge is -2.32. The molecule has 1 aliphatic carbocycles. The van der Waals surface area contributed by atoms with Crippen molar-refractivity contribution >= 4 is 0 Å². The quantitative estimate of drug-likeness (QED) is 0.757. The highest BCUT2D eigenvalue weighted by Gasteiger charge is 2.27. The Morgan fingerprint density at radius 1 is 1.00 bits per heavy atom. The Kier molecular flexibility index (Phi) is 3.51. The standard InChI is InChI=1S/C20H20N2/c1-2-6-15(7-3-1)17-10-16-8-4-5-9-20(16)18(11-17)12-19-13-21-14-22-19/h1-9,13-14,17-18H,10-12H2,(H,21,22). The summed E-state index contributed by atoms with van der Waals surface area (Å²) in [5, 5.41) is 0. The molecule has 2 unspecified atom stereocenters. The lowest BCUT2D eigenvalue weighted by molar-refractivity contribution is 0.487. The van der Waals surface area contributed by atoms with E-state index in [1.54, 1.807) is 6.33 Å². The molecule has 0 saturated carbocycles. The first-order chi connectivity index (χ1) is 10.9. The first-order valence-corrected chi connectivity index (χ1v) is 8.00. The van der Waals surface area contributed by atoms with Gasteiger partial charge in [0.25, 0.3) is 0 Å². The van der Waals surface area contributed by atoms with Gasteiger partial charge < -0.3 is 4.98 Å². The molecule has 3 aromatic rings. The predicted molar refractivity (Wildman–Crippen MR) is 89.0 cm³/mol. The second-order valence-electron chi connectivity index (χ2n) is 6.22. The third-order valence-electron chi connectivity index (χ3n) is 4.82. The van der Waals surface area contributed by atoms with E-state index < -0.39 is 0 Å². The van der Waals surface area contributed by atoms with E-state index in [2.05, 4.69) is 64.6 Å². The average molecular weight is 288 g/mol. The first kappa shape index (κ1) is 13.3. The summed E-state index contributed by atoms with van der Waals surface area (Å²) < 4.78 is 0. The molecule has 4 rings (SSSR count). The number of benzene rings is 2. The molecule has 1 aromatic heterocycles. The van der Waals surface area contributed by atoms with Gasteiger partial charge in [-0.05, 0) is 47.8 Å². The molecule has 0 bridgehead atoms. The van der Waals surface area contributed by atoms with E-state index >= 15 is 0 Å². The number of hydrogen-bond acceptors (Lipinski definition) is 1. The fourth-order valence-corrected chi connectivity index (χ4v) is 3.77. The smallest absolute Gasteiger partial charge is 0.0921 e. The van der Waals surface area contributed by atoms with Crippen LogP contribution in [0, 0.1) is 0 Å². The normalized spacial score (nSPS) is 20.5. The van der Waals surface area contributed by atoms with E-state index in [-0.39, 0.29) is 0 Å². The third-order valence-corrected chi connectivity index (χ3v) is 4.82. The van der Waals surface area contributed by atoms with Crippen LogP contribution in [0.1, 0.15) is 40.6 Å². The van der Waals surface area contributed by atoms with E-state index in [0.29, 0.717) is 11.8 Å². The Morgan fingerprint density at radius 2 is 1.82 bits per heavy atom. The van der Waals surface area contributed by atoms with Crippen LogP contribution in [0.2, 0.25) is 0 Å². The van der Waals surface area contributed by atoms with Crippen molar-refractivity contribution in [1.82, 2.24) is 9.97 Å². The third kappa shape index (κ3) is 2.57. The van der Waals surface area contributed by atoms with Crippen LogP contribution in [0.5, 0.6) is 0 Å². The van der Waals surface area contributed by atoms with Gasteiger partial charge in [-0.15, -0.1) is 0 Å². The summed E-state index contributed by atoms with van der Waals surface area (Å²) in [5.74, 6) is 1.18. The van der Waals surface area contributed by atoms with Gasteiger partial charge >= 0.3 is 0 Å². The van der Waals surface area contributed by atoms with Gasteiger partial charge in [-0.2, -0.15) is 0 Å². The number of nitrogens with zero attached hydrogens (tertiary/aromatic N) is 1. The van der Waals surface area contributed by atoms with Gasteiger partial charge in [0.1, 0.15) is 0 Å². The number of rotatable bonds is 3. The molecule has 110 valence electrons. The maximum Gasteiger partial charge on any atom is 0.0921 e. The van der Waals surface area contributed by atoms with E-state index in [1.807, 2.05) is 6.20 Å². The second kappa shape index (κ2) is 5.80.